The Morgan fingerprint density at radius 2 is 1.40 bits per heavy atom. The van der Waals surface area contributed by atoms with Gasteiger partial charge in [-0.15, -0.1) is 0 Å². The summed E-state index contributed by atoms with van der Waals surface area (Å²) in [4.78, 5) is 47.3. The molecule has 0 aliphatic heterocycles. The highest BCUT2D eigenvalue weighted by Gasteiger charge is 2.15. The number of hydrogen-bond donors (Lipinski definition) is 2. The van der Waals surface area contributed by atoms with E-state index in [9.17, 15) is 19.2 Å². The van der Waals surface area contributed by atoms with Crippen LogP contribution < -0.4 is 20.1 Å². The first-order chi connectivity index (χ1) is 14.3. The largest absolute Gasteiger partial charge is 0.495 e. The Balaban J connectivity index is 1.98. The molecular weight excluding hydrogens is 388 g/mol. The van der Waals surface area contributed by atoms with Gasteiger partial charge in [-0.05, 0) is 36.8 Å². The molecule has 30 heavy (non-hydrogen) atoms. The molecule has 0 aliphatic rings. The maximum Gasteiger partial charge on any atom is 0.231 e. The van der Waals surface area contributed by atoms with Crippen molar-refractivity contribution in [3.8, 4) is 11.5 Å². The normalized spacial score (nSPS) is 10.1. The molecule has 8 nitrogen and oxygen atoms in total. The second-order valence-corrected chi connectivity index (χ2v) is 6.60. The molecule has 0 atom stereocenters. The van der Waals surface area contributed by atoms with Crippen molar-refractivity contribution in [2.24, 2.45) is 0 Å². The molecule has 8 heteroatoms. The summed E-state index contributed by atoms with van der Waals surface area (Å²) in [5.41, 5.74) is 1.52. The van der Waals surface area contributed by atoms with Crippen LogP contribution in [0, 0.1) is 0 Å². The van der Waals surface area contributed by atoms with Gasteiger partial charge in [0, 0.05) is 6.42 Å². The average molecular weight is 412 g/mol. The zero-order valence-corrected chi connectivity index (χ0v) is 17.1. The molecule has 0 saturated heterocycles. The van der Waals surface area contributed by atoms with Gasteiger partial charge in [-0.3, -0.25) is 19.2 Å². The van der Waals surface area contributed by atoms with E-state index in [1.165, 1.54) is 21.1 Å². The fraction of sp³-hybridized carbons (Fsp3) is 0.273. The van der Waals surface area contributed by atoms with E-state index >= 15 is 0 Å². The summed E-state index contributed by atoms with van der Waals surface area (Å²) in [5, 5.41) is 5.26. The number of amides is 2. The highest BCUT2D eigenvalue weighted by atomic mass is 16.5. The quantitative estimate of drug-likeness (QED) is 0.581. The van der Waals surface area contributed by atoms with Crippen molar-refractivity contribution in [3.05, 3.63) is 48.0 Å². The molecule has 2 N–H and O–H groups in total. The summed E-state index contributed by atoms with van der Waals surface area (Å²) in [6, 6.07) is 11.8. The Labute approximate surface area is 174 Å². The summed E-state index contributed by atoms with van der Waals surface area (Å²) in [5.74, 6) is -0.554. The topological polar surface area (TPSA) is 111 Å². The van der Waals surface area contributed by atoms with E-state index in [4.69, 9.17) is 9.47 Å². The first-order valence-corrected chi connectivity index (χ1v) is 9.23. The van der Waals surface area contributed by atoms with Crippen LogP contribution in [0.5, 0.6) is 11.5 Å². The van der Waals surface area contributed by atoms with Gasteiger partial charge in [-0.1, -0.05) is 18.2 Å². The van der Waals surface area contributed by atoms with Gasteiger partial charge in [0.15, 0.2) is 0 Å². The maximum absolute atomic E-state index is 12.3. The predicted octanol–water partition coefficient (Wildman–Crippen LogP) is 2.76. The lowest BCUT2D eigenvalue weighted by Gasteiger charge is -2.12. The molecule has 0 unspecified atom stereocenters. The zero-order chi connectivity index (χ0) is 22.1. The van der Waals surface area contributed by atoms with Crippen LogP contribution in [0.4, 0.5) is 11.4 Å². The molecule has 0 saturated carbocycles. The Kier molecular flexibility index (Phi) is 8.10. The Morgan fingerprint density at radius 1 is 0.800 bits per heavy atom. The van der Waals surface area contributed by atoms with Crippen molar-refractivity contribution >= 4 is 34.8 Å². The number of hydrogen-bond acceptors (Lipinski definition) is 6. The van der Waals surface area contributed by atoms with Crippen molar-refractivity contribution in [1.82, 2.24) is 0 Å². The molecule has 158 valence electrons. The van der Waals surface area contributed by atoms with Crippen molar-refractivity contribution in [2.45, 2.75) is 26.2 Å². The van der Waals surface area contributed by atoms with Crippen LogP contribution in [-0.4, -0.2) is 37.6 Å². The number of carbonyl (C=O) groups is 4. The third kappa shape index (κ3) is 6.73. The molecule has 0 radical (unpaired) electrons. The lowest BCUT2D eigenvalue weighted by atomic mass is 10.1. The fourth-order valence-corrected chi connectivity index (χ4v) is 2.78. The highest BCUT2D eigenvalue weighted by Crippen LogP contribution is 2.26. The van der Waals surface area contributed by atoms with Crippen LogP contribution in [0.1, 0.15) is 25.3 Å². The van der Waals surface area contributed by atoms with E-state index in [1.807, 2.05) is 0 Å². The number of methoxy groups -OCH3 is 2. The summed E-state index contributed by atoms with van der Waals surface area (Å²) in [6.07, 6.45) is -0.500. The molecule has 2 amide bonds. The van der Waals surface area contributed by atoms with E-state index in [0.29, 0.717) is 28.4 Å². The predicted molar refractivity (Wildman–Crippen MR) is 112 cm³/mol. The molecule has 0 spiro atoms. The van der Waals surface area contributed by atoms with E-state index in [0.717, 1.165) is 0 Å². The smallest absolute Gasteiger partial charge is 0.231 e. The van der Waals surface area contributed by atoms with Crippen LogP contribution in [-0.2, 0) is 25.6 Å². The second kappa shape index (κ2) is 10.8. The number of rotatable bonds is 10. The van der Waals surface area contributed by atoms with Crippen LogP contribution in [0.15, 0.2) is 42.5 Å². The van der Waals surface area contributed by atoms with Crippen LogP contribution in [0.3, 0.4) is 0 Å². The fourth-order valence-electron chi connectivity index (χ4n) is 2.78. The van der Waals surface area contributed by atoms with E-state index < -0.39 is 11.8 Å². The molecule has 0 aliphatic carbocycles. The molecule has 0 aromatic heterocycles. The lowest BCUT2D eigenvalue weighted by Crippen LogP contribution is -2.18. The van der Waals surface area contributed by atoms with Crippen molar-refractivity contribution in [3.63, 3.8) is 0 Å². The molecule has 0 bridgehead atoms. The Hall–Kier alpha value is -3.68. The third-order valence-electron chi connectivity index (χ3n) is 4.09. The van der Waals surface area contributed by atoms with E-state index in [2.05, 4.69) is 10.6 Å². The Bertz CT molecular complexity index is 954. The van der Waals surface area contributed by atoms with Crippen LogP contribution in [0.25, 0.3) is 0 Å². The number of ether oxygens (including phenoxy) is 2. The van der Waals surface area contributed by atoms with Gasteiger partial charge in [0.1, 0.15) is 23.1 Å². The Morgan fingerprint density at radius 3 is 2.03 bits per heavy atom. The summed E-state index contributed by atoms with van der Waals surface area (Å²) < 4.78 is 10.4. The van der Waals surface area contributed by atoms with Crippen molar-refractivity contribution in [2.75, 3.05) is 24.9 Å². The number of carbonyl (C=O) groups excluding carboxylic acids is 4. The summed E-state index contributed by atoms with van der Waals surface area (Å²) in [7, 11) is 2.93. The monoisotopic (exact) mass is 412 g/mol. The number of ketones is 2. The number of benzene rings is 2. The van der Waals surface area contributed by atoms with Gasteiger partial charge in [0.25, 0.3) is 0 Å². The van der Waals surface area contributed by atoms with Crippen molar-refractivity contribution < 1.29 is 28.7 Å². The van der Waals surface area contributed by atoms with Gasteiger partial charge in [-0.25, -0.2) is 0 Å². The van der Waals surface area contributed by atoms with E-state index in [-0.39, 0.29) is 30.8 Å². The first kappa shape index (κ1) is 22.6. The van der Waals surface area contributed by atoms with Crippen LogP contribution >= 0.6 is 0 Å². The average Bonchev–Trinajstić information content (AvgIpc) is 2.68. The number of anilines is 2. The molecule has 0 heterocycles. The van der Waals surface area contributed by atoms with Gasteiger partial charge in [-0.2, -0.15) is 0 Å². The molecular formula is C22H24N2O6. The molecule has 2 aromatic rings. The number of Topliss-reactive ketones (excluding diaryl/α,β-unsaturated/α-hetero) is 2. The second-order valence-electron chi connectivity index (χ2n) is 6.60. The third-order valence-corrected chi connectivity index (χ3v) is 4.09. The molecule has 2 aromatic carbocycles. The summed E-state index contributed by atoms with van der Waals surface area (Å²) in [6.45, 7) is 1.33. The van der Waals surface area contributed by atoms with Crippen LogP contribution in [0.2, 0.25) is 0 Å². The van der Waals surface area contributed by atoms with Gasteiger partial charge in [0.2, 0.25) is 11.8 Å². The number of para-hydroxylation sites is 2. The molecule has 0 fully saturated rings. The SMILES string of the molecule is COc1cc(CC(=O)CC(=O)Nc2ccccc2OC)ccc1NC(=O)CC(C)=O. The van der Waals surface area contributed by atoms with Gasteiger partial charge in [0.05, 0.1) is 38.4 Å². The standard InChI is InChI=1S/C22H24N2O6/c1-14(25)10-21(27)24-18-9-8-15(12-20(18)30-3)11-16(26)13-22(28)23-17-6-4-5-7-19(17)29-2/h4-9,12H,10-11,13H2,1-3H3,(H,23,28)(H,24,27). The minimum Gasteiger partial charge on any atom is -0.495 e. The highest BCUT2D eigenvalue weighted by molar-refractivity contribution is 6.06. The minimum absolute atomic E-state index is 0.0252. The lowest BCUT2D eigenvalue weighted by molar-refractivity contribution is -0.126. The minimum atomic E-state index is -0.447. The van der Waals surface area contributed by atoms with Gasteiger partial charge < -0.3 is 20.1 Å². The van der Waals surface area contributed by atoms with E-state index in [1.54, 1.807) is 42.5 Å². The maximum atomic E-state index is 12.3. The van der Waals surface area contributed by atoms with Gasteiger partial charge >= 0.3 is 0 Å². The number of nitrogens with one attached hydrogen (secondary N) is 2. The first-order valence-electron chi connectivity index (χ1n) is 9.23. The van der Waals surface area contributed by atoms with Crippen molar-refractivity contribution in [1.29, 1.82) is 0 Å². The zero-order valence-electron chi connectivity index (χ0n) is 17.1. The molecule has 2 rings (SSSR count). The summed E-state index contributed by atoms with van der Waals surface area (Å²) >= 11 is 0.